The number of hydrogen-bond acceptors (Lipinski definition) is 3. The molecule has 3 N–H and O–H groups in total. The molecule has 0 aliphatic carbocycles. The molecule has 11 heavy (non-hydrogen) atoms. The normalized spacial score (nSPS) is 25.7. The summed E-state index contributed by atoms with van der Waals surface area (Å²) in [6.07, 6.45) is 1.80. The first-order valence-electron chi connectivity index (χ1n) is 3.58. The Morgan fingerprint density at radius 3 is 2.73 bits per heavy atom. The van der Waals surface area contributed by atoms with Crippen molar-refractivity contribution in [3.05, 3.63) is 0 Å². The lowest BCUT2D eigenvalue weighted by molar-refractivity contribution is 0.524. The highest BCUT2D eigenvalue weighted by Crippen LogP contribution is 2.01. The fraction of sp³-hybridized carbons (Fsp3) is 1.00. The second kappa shape index (κ2) is 3.48. The lowest BCUT2D eigenvalue weighted by atomic mass is 10.3. The van der Waals surface area contributed by atoms with Gasteiger partial charge in [0, 0.05) is 7.05 Å². The number of hydrogen-bond donors (Lipinski definition) is 3. The van der Waals surface area contributed by atoms with Gasteiger partial charge in [-0.05, 0) is 19.4 Å². The quantitative estimate of drug-likeness (QED) is 0.507. The second-order valence-corrected chi connectivity index (χ2v) is 4.13. The highest BCUT2D eigenvalue weighted by Gasteiger charge is 2.18. The monoisotopic (exact) mass is 179 g/mol. The molecule has 1 unspecified atom stereocenters. The zero-order chi connectivity index (χ0) is 8.32. The summed E-state index contributed by atoms with van der Waals surface area (Å²) in [6, 6.07) is 0. The van der Waals surface area contributed by atoms with E-state index in [0.29, 0.717) is 0 Å². The summed E-state index contributed by atoms with van der Waals surface area (Å²) in [5, 5.41) is 3.02. The van der Waals surface area contributed by atoms with Crippen molar-refractivity contribution in [3.8, 4) is 0 Å². The minimum Gasteiger partial charge on any atom is -0.301 e. The van der Waals surface area contributed by atoms with Gasteiger partial charge in [0.1, 0.15) is 0 Å². The Balaban J connectivity index is 2.41. The molecule has 1 rings (SSSR count). The molecule has 0 radical (unpaired) electrons. The Hall–Kier alpha value is -0.170. The predicted molar refractivity (Wildman–Crippen MR) is 42.1 cm³/mol. The molecule has 0 aromatic carbocycles. The molecule has 0 saturated carbocycles. The van der Waals surface area contributed by atoms with E-state index in [0.717, 1.165) is 19.4 Å². The molecule has 0 spiro atoms. The van der Waals surface area contributed by atoms with Gasteiger partial charge in [-0.25, -0.2) is 4.72 Å². The summed E-state index contributed by atoms with van der Waals surface area (Å²) in [7, 11) is -1.88. The summed E-state index contributed by atoms with van der Waals surface area (Å²) in [6.45, 7) is 0.886. The van der Waals surface area contributed by atoms with Gasteiger partial charge < -0.3 is 5.32 Å². The predicted octanol–water partition coefficient (Wildman–Crippen LogP) is -1.25. The third-order valence-electron chi connectivity index (χ3n) is 1.63. The summed E-state index contributed by atoms with van der Waals surface area (Å²) >= 11 is 0. The molecule has 1 aliphatic rings. The SMILES string of the molecule is CNS(=O)(=O)NC1CCCN1. The fourth-order valence-corrected chi connectivity index (χ4v) is 1.72. The number of nitrogens with one attached hydrogen (secondary N) is 3. The van der Waals surface area contributed by atoms with Gasteiger partial charge in [-0.3, -0.25) is 0 Å². The van der Waals surface area contributed by atoms with Gasteiger partial charge in [0.15, 0.2) is 0 Å². The third kappa shape index (κ3) is 2.74. The van der Waals surface area contributed by atoms with Crippen LogP contribution in [0.15, 0.2) is 0 Å². The van der Waals surface area contributed by atoms with Crippen molar-refractivity contribution in [2.75, 3.05) is 13.6 Å². The molecule has 0 amide bonds. The van der Waals surface area contributed by atoms with E-state index in [4.69, 9.17) is 0 Å². The molecule has 1 aliphatic heterocycles. The van der Waals surface area contributed by atoms with Crippen molar-refractivity contribution in [2.45, 2.75) is 19.0 Å². The molecule has 1 saturated heterocycles. The summed E-state index contributed by atoms with van der Waals surface area (Å²) in [5.74, 6) is 0. The van der Waals surface area contributed by atoms with Crippen LogP contribution in [-0.4, -0.2) is 28.2 Å². The zero-order valence-corrected chi connectivity index (χ0v) is 7.24. The molecule has 1 fully saturated rings. The van der Waals surface area contributed by atoms with Crippen molar-refractivity contribution >= 4 is 10.2 Å². The molecule has 0 bridgehead atoms. The Morgan fingerprint density at radius 2 is 2.27 bits per heavy atom. The Morgan fingerprint density at radius 1 is 1.55 bits per heavy atom. The molecule has 1 atom stereocenters. The van der Waals surface area contributed by atoms with E-state index >= 15 is 0 Å². The molecule has 1 heterocycles. The van der Waals surface area contributed by atoms with E-state index in [1.54, 1.807) is 0 Å². The maximum absolute atomic E-state index is 10.9. The van der Waals surface area contributed by atoms with E-state index in [1.165, 1.54) is 7.05 Å². The second-order valence-electron chi connectivity index (χ2n) is 2.47. The number of rotatable bonds is 3. The van der Waals surface area contributed by atoms with E-state index in [1.807, 2.05) is 0 Å². The van der Waals surface area contributed by atoms with Crippen LogP contribution in [-0.2, 0) is 10.2 Å². The molecule has 6 heteroatoms. The van der Waals surface area contributed by atoms with Crippen molar-refractivity contribution in [2.24, 2.45) is 0 Å². The lowest BCUT2D eigenvalue weighted by Crippen LogP contribution is -2.45. The minimum absolute atomic E-state index is 0.0903. The van der Waals surface area contributed by atoms with Gasteiger partial charge >= 0.3 is 0 Å². The van der Waals surface area contributed by atoms with Crippen LogP contribution in [0.1, 0.15) is 12.8 Å². The van der Waals surface area contributed by atoms with Gasteiger partial charge in [-0.2, -0.15) is 13.1 Å². The highest BCUT2D eigenvalue weighted by molar-refractivity contribution is 7.87. The van der Waals surface area contributed by atoms with Crippen LogP contribution in [0.5, 0.6) is 0 Å². The van der Waals surface area contributed by atoms with Crippen LogP contribution < -0.4 is 14.8 Å². The summed E-state index contributed by atoms with van der Waals surface area (Å²) in [4.78, 5) is 0. The average Bonchev–Trinajstić information content (AvgIpc) is 2.39. The summed E-state index contributed by atoms with van der Waals surface area (Å²) in [5.41, 5.74) is 0. The van der Waals surface area contributed by atoms with E-state index < -0.39 is 10.2 Å². The molecule has 5 nitrogen and oxygen atoms in total. The molecule has 66 valence electrons. The Kier molecular flexibility index (Phi) is 2.83. The Labute approximate surface area is 66.7 Å². The van der Waals surface area contributed by atoms with Gasteiger partial charge in [0.05, 0.1) is 6.17 Å². The smallest absolute Gasteiger partial charge is 0.278 e. The van der Waals surface area contributed by atoms with Crippen molar-refractivity contribution in [1.82, 2.24) is 14.8 Å². The minimum atomic E-state index is -3.27. The third-order valence-corrected chi connectivity index (χ3v) is 2.76. The standard InChI is InChI=1S/C5H13N3O2S/c1-6-11(9,10)8-5-3-2-4-7-5/h5-8H,2-4H2,1H3. The summed E-state index contributed by atoms with van der Waals surface area (Å²) < 4.78 is 26.4. The maximum atomic E-state index is 10.9. The van der Waals surface area contributed by atoms with Gasteiger partial charge in [0.2, 0.25) is 0 Å². The average molecular weight is 179 g/mol. The van der Waals surface area contributed by atoms with Crippen LogP contribution in [0.4, 0.5) is 0 Å². The van der Waals surface area contributed by atoms with Crippen LogP contribution in [0.25, 0.3) is 0 Å². The highest BCUT2D eigenvalue weighted by atomic mass is 32.2. The molecular formula is C5H13N3O2S. The van der Waals surface area contributed by atoms with Crippen LogP contribution in [0, 0.1) is 0 Å². The molecule has 0 aromatic heterocycles. The van der Waals surface area contributed by atoms with Crippen LogP contribution in [0.3, 0.4) is 0 Å². The molecular weight excluding hydrogens is 166 g/mol. The largest absolute Gasteiger partial charge is 0.301 e. The van der Waals surface area contributed by atoms with E-state index in [9.17, 15) is 8.42 Å². The van der Waals surface area contributed by atoms with Gasteiger partial charge in [-0.1, -0.05) is 0 Å². The Bertz CT molecular complexity index is 208. The van der Waals surface area contributed by atoms with E-state index in [2.05, 4.69) is 14.8 Å². The first-order chi connectivity index (χ1) is 5.14. The van der Waals surface area contributed by atoms with Crippen molar-refractivity contribution in [3.63, 3.8) is 0 Å². The topological polar surface area (TPSA) is 70.2 Å². The maximum Gasteiger partial charge on any atom is 0.278 e. The lowest BCUT2D eigenvalue weighted by Gasteiger charge is -2.11. The van der Waals surface area contributed by atoms with Gasteiger partial charge in [-0.15, -0.1) is 0 Å². The first kappa shape index (κ1) is 8.92. The molecule has 0 aromatic rings. The first-order valence-corrected chi connectivity index (χ1v) is 5.06. The fourth-order valence-electron chi connectivity index (χ4n) is 1.03. The zero-order valence-electron chi connectivity index (χ0n) is 6.42. The van der Waals surface area contributed by atoms with Crippen LogP contribution in [0.2, 0.25) is 0 Å². The van der Waals surface area contributed by atoms with Gasteiger partial charge in [0.25, 0.3) is 10.2 Å². The van der Waals surface area contributed by atoms with Crippen molar-refractivity contribution < 1.29 is 8.42 Å². The van der Waals surface area contributed by atoms with Crippen molar-refractivity contribution in [1.29, 1.82) is 0 Å². The van der Waals surface area contributed by atoms with Crippen LogP contribution >= 0.6 is 0 Å². The van der Waals surface area contributed by atoms with E-state index in [-0.39, 0.29) is 6.17 Å².